The number of carbonyl (C=O) groups is 1. The van der Waals surface area contributed by atoms with Crippen LogP contribution in [0.25, 0.3) is 0 Å². The Morgan fingerprint density at radius 1 is 1.26 bits per heavy atom. The molecule has 4 nitrogen and oxygen atoms in total. The van der Waals surface area contributed by atoms with Gasteiger partial charge in [-0.1, -0.05) is 23.2 Å². The fraction of sp³-hybridized carbons (Fsp3) is 0.462. The van der Waals surface area contributed by atoms with Crippen LogP contribution in [0.15, 0.2) is 12.1 Å². The third kappa shape index (κ3) is 5.27. The molecule has 1 N–H and O–H groups in total. The van der Waals surface area contributed by atoms with Crippen LogP contribution in [0.2, 0.25) is 10.0 Å². The molecule has 0 atom stereocenters. The van der Waals surface area contributed by atoms with Crippen molar-refractivity contribution in [3.63, 3.8) is 0 Å². The molecule has 0 radical (unpaired) electrons. The Morgan fingerprint density at radius 3 is 2.63 bits per heavy atom. The minimum Gasteiger partial charge on any atom is -0.495 e. The number of ether oxygens (including phenoxy) is 2. The summed E-state index contributed by atoms with van der Waals surface area (Å²) in [5.41, 5.74) is 0.678. The van der Waals surface area contributed by atoms with E-state index in [1.54, 1.807) is 19.2 Å². The van der Waals surface area contributed by atoms with E-state index in [1.807, 2.05) is 0 Å². The normalized spacial score (nSPS) is 10.3. The topological polar surface area (TPSA) is 47.6 Å². The zero-order chi connectivity index (χ0) is 14.3. The van der Waals surface area contributed by atoms with Gasteiger partial charge in [0.05, 0.1) is 18.6 Å². The minimum absolute atomic E-state index is 0.0979. The lowest BCUT2D eigenvalue weighted by molar-refractivity contribution is -0.120. The fourth-order valence-corrected chi connectivity index (χ4v) is 2.03. The molecule has 0 spiro atoms. The smallest absolute Gasteiger partial charge is 0.224 e. The molecule has 0 heterocycles. The van der Waals surface area contributed by atoms with Gasteiger partial charge in [0, 0.05) is 31.4 Å². The van der Waals surface area contributed by atoms with Gasteiger partial charge in [-0.05, 0) is 18.1 Å². The van der Waals surface area contributed by atoms with Crippen LogP contribution in [0.3, 0.4) is 0 Å². The summed E-state index contributed by atoms with van der Waals surface area (Å²) in [6, 6.07) is 3.26. The average molecular weight is 306 g/mol. The molecular weight excluding hydrogens is 289 g/mol. The number of benzene rings is 1. The van der Waals surface area contributed by atoms with E-state index >= 15 is 0 Å². The Bertz CT molecular complexity index is 438. The number of nitrogens with one attached hydrogen (secondary N) is 1. The maximum Gasteiger partial charge on any atom is 0.224 e. The first-order valence-electron chi connectivity index (χ1n) is 5.86. The number of hydrogen-bond acceptors (Lipinski definition) is 3. The first-order valence-corrected chi connectivity index (χ1v) is 6.61. The summed E-state index contributed by atoms with van der Waals surface area (Å²) in [6.07, 6.45) is 0.967. The Hall–Kier alpha value is -0.970. The van der Waals surface area contributed by atoms with Crippen molar-refractivity contribution in [2.45, 2.75) is 12.8 Å². The largest absolute Gasteiger partial charge is 0.495 e. The maximum absolute atomic E-state index is 11.7. The Labute approximate surface area is 123 Å². The van der Waals surface area contributed by atoms with E-state index in [0.717, 1.165) is 6.42 Å². The number of halogens is 2. The number of rotatable bonds is 7. The highest BCUT2D eigenvalue weighted by Crippen LogP contribution is 2.31. The van der Waals surface area contributed by atoms with Crippen molar-refractivity contribution in [1.82, 2.24) is 5.32 Å². The highest BCUT2D eigenvalue weighted by molar-refractivity contribution is 6.34. The van der Waals surface area contributed by atoms with Gasteiger partial charge in [-0.25, -0.2) is 0 Å². The summed E-state index contributed by atoms with van der Waals surface area (Å²) in [4.78, 5) is 11.7. The molecule has 0 aliphatic rings. The van der Waals surface area contributed by atoms with Crippen molar-refractivity contribution in [2.75, 3.05) is 27.4 Å². The van der Waals surface area contributed by atoms with Gasteiger partial charge in [-0.2, -0.15) is 0 Å². The molecular formula is C13H17Cl2NO3. The highest BCUT2D eigenvalue weighted by Gasteiger charge is 2.11. The van der Waals surface area contributed by atoms with Crippen LogP contribution in [0.1, 0.15) is 12.0 Å². The zero-order valence-corrected chi connectivity index (χ0v) is 12.5. The molecule has 0 saturated carbocycles. The van der Waals surface area contributed by atoms with Crippen LogP contribution in [0.5, 0.6) is 5.75 Å². The summed E-state index contributed by atoms with van der Waals surface area (Å²) < 4.78 is 9.95. The van der Waals surface area contributed by atoms with Crippen molar-refractivity contribution >= 4 is 29.1 Å². The van der Waals surface area contributed by atoms with Gasteiger partial charge in [-0.3, -0.25) is 4.79 Å². The second-order valence-corrected chi connectivity index (χ2v) is 4.77. The van der Waals surface area contributed by atoms with Gasteiger partial charge < -0.3 is 14.8 Å². The molecule has 19 heavy (non-hydrogen) atoms. The van der Waals surface area contributed by atoms with Gasteiger partial charge in [0.25, 0.3) is 0 Å². The Balaban J connectivity index is 2.57. The molecule has 106 valence electrons. The molecule has 1 aromatic carbocycles. The lowest BCUT2D eigenvalue weighted by Crippen LogP contribution is -2.26. The summed E-state index contributed by atoms with van der Waals surface area (Å²) in [6.45, 7) is 1.20. The number of carbonyl (C=O) groups excluding carboxylic acids is 1. The van der Waals surface area contributed by atoms with E-state index in [2.05, 4.69) is 5.32 Å². The lowest BCUT2D eigenvalue weighted by Gasteiger charge is -2.09. The van der Waals surface area contributed by atoms with E-state index in [1.165, 1.54) is 7.11 Å². The molecule has 1 amide bonds. The standard InChI is InChI=1S/C13H17Cl2NO3/c1-18-5-3-4-16-13(17)7-9-6-11(15)12(19-2)8-10(9)14/h6,8H,3-5,7H2,1-2H3,(H,16,17). The number of hydrogen-bond donors (Lipinski definition) is 1. The maximum atomic E-state index is 11.7. The van der Waals surface area contributed by atoms with Crippen LogP contribution in [-0.2, 0) is 16.0 Å². The van der Waals surface area contributed by atoms with Crippen LogP contribution in [0, 0.1) is 0 Å². The van der Waals surface area contributed by atoms with Gasteiger partial charge in [-0.15, -0.1) is 0 Å². The molecule has 0 aliphatic carbocycles. The predicted octanol–water partition coefficient (Wildman–Crippen LogP) is 2.70. The fourth-order valence-electron chi connectivity index (χ4n) is 1.54. The quantitative estimate of drug-likeness (QED) is 0.788. The SMILES string of the molecule is COCCCNC(=O)Cc1cc(Cl)c(OC)cc1Cl. The van der Waals surface area contributed by atoms with Gasteiger partial charge in [0.2, 0.25) is 5.91 Å². The van der Waals surface area contributed by atoms with Crippen molar-refractivity contribution in [1.29, 1.82) is 0 Å². The molecule has 0 aromatic heterocycles. The van der Waals surface area contributed by atoms with Gasteiger partial charge in [0.15, 0.2) is 0 Å². The molecule has 0 saturated heterocycles. The summed E-state index contributed by atoms with van der Waals surface area (Å²) in [7, 11) is 3.14. The van der Waals surface area contributed by atoms with Crippen LogP contribution < -0.4 is 10.1 Å². The molecule has 0 unspecified atom stereocenters. The molecule has 0 aliphatic heterocycles. The minimum atomic E-state index is -0.0979. The molecule has 1 rings (SSSR count). The van der Waals surface area contributed by atoms with Gasteiger partial charge >= 0.3 is 0 Å². The first kappa shape index (κ1) is 16.1. The highest BCUT2D eigenvalue weighted by atomic mass is 35.5. The van der Waals surface area contributed by atoms with Crippen LogP contribution in [0.4, 0.5) is 0 Å². The molecule has 0 fully saturated rings. The first-order chi connectivity index (χ1) is 9.08. The second-order valence-electron chi connectivity index (χ2n) is 3.95. The summed E-state index contributed by atoms with van der Waals surface area (Å²) in [5.74, 6) is 0.398. The zero-order valence-electron chi connectivity index (χ0n) is 11.0. The molecule has 1 aromatic rings. The monoisotopic (exact) mass is 305 g/mol. The summed E-state index contributed by atoms with van der Waals surface area (Å²) in [5, 5.41) is 3.69. The second kappa shape index (κ2) is 8.25. The number of methoxy groups -OCH3 is 2. The van der Waals surface area contributed by atoms with Crippen LogP contribution >= 0.6 is 23.2 Å². The van der Waals surface area contributed by atoms with Crippen molar-refractivity contribution in [2.24, 2.45) is 0 Å². The van der Waals surface area contributed by atoms with Gasteiger partial charge in [0.1, 0.15) is 5.75 Å². The van der Waals surface area contributed by atoms with Crippen molar-refractivity contribution in [3.05, 3.63) is 27.7 Å². The van der Waals surface area contributed by atoms with Crippen molar-refractivity contribution in [3.8, 4) is 5.75 Å². The lowest BCUT2D eigenvalue weighted by atomic mass is 10.1. The van der Waals surface area contributed by atoms with Crippen molar-refractivity contribution < 1.29 is 14.3 Å². The Morgan fingerprint density at radius 2 is 2.00 bits per heavy atom. The Kier molecular flexibility index (Phi) is 6.99. The van der Waals surface area contributed by atoms with Crippen LogP contribution in [-0.4, -0.2) is 33.3 Å². The van der Waals surface area contributed by atoms with E-state index in [4.69, 9.17) is 32.7 Å². The van der Waals surface area contributed by atoms with E-state index < -0.39 is 0 Å². The third-order valence-corrected chi connectivity index (χ3v) is 3.17. The average Bonchev–Trinajstić information content (AvgIpc) is 2.38. The van der Waals surface area contributed by atoms with E-state index in [-0.39, 0.29) is 12.3 Å². The van der Waals surface area contributed by atoms with E-state index in [9.17, 15) is 4.79 Å². The molecule has 0 bridgehead atoms. The van der Waals surface area contributed by atoms with E-state index in [0.29, 0.717) is 34.5 Å². The molecule has 6 heteroatoms. The number of amides is 1. The third-order valence-electron chi connectivity index (χ3n) is 2.52. The predicted molar refractivity (Wildman–Crippen MR) is 76.2 cm³/mol. The summed E-state index contributed by atoms with van der Waals surface area (Å²) >= 11 is 12.1.